The summed E-state index contributed by atoms with van der Waals surface area (Å²) in [7, 11) is 1.85. The van der Waals surface area contributed by atoms with Crippen molar-refractivity contribution < 1.29 is 4.79 Å². The average molecular weight is 237 g/mol. The van der Waals surface area contributed by atoms with Gasteiger partial charge in [0.2, 0.25) is 5.91 Å². The van der Waals surface area contributed by atoms with Gasteiger partial charge in [0.25, 0.3) is 0 Å². The molecule has 1 amide bonds. The number of allylic oxidation sites excluding steroid dienone is 3. The molecule has 4 nitrogen and oxygen atoms in total. The molecule has 0 unspecified atom stereocenters. The Hall–Kier alpha value is -1.13. The van der Waals surface area contributed by atoms with Crippen LogP contribution in [0, 0.1) is 0 Å². The third-order valence-electron chi connectivity index (χ3n) is 2.88. The highest BCUT2D eigenvalue weighted by Gasteiger charge is 2.11. The summed E-state index contributed by atoms with van der Waals surface area (Å²) >= 11 is 0. The summed E-state index contributed by atoms with van der Waals surface area (Å²) < 4.78 is 0. The molecule has 0 aromatic rings. The van der Waals surface area contributed by atoms with Crippen LogP contribution in [0.4, 0.5) is 0 Å². The second-order valence-corrected chi connectivity index (χ2v) is 4.24. The number of amides is 1. The third kappa shape index (κ3) is 5.65. The third-order valence-corrected chi connectivity index (χ3v) is 2.88. The van der Waals surface area contributed by atoms with Crippen molar-refractivity contribution in [1.82, 2.24) is 15.1 Å². The molecule has 1 aliphatic rings. The lowest BCUT2D eigenvalue weighted by molar-refractivity contribution is -0.125. The van der Waals surface area contributed by atoms with E-state index in [2.05, 4.69) is 10.2 Å². The first-order valence-electron chi connectivity index (χ1n) is 6.21. The topological polar surface area (TPSA) is 35.6 Å². The fraction of sp³-hybridized carbons (Fsp3) is 0.615. The van der Waals surface area contributed by atoms with Crippen molar-refractivity contribution in [2.75, 3.05) is 46.3 Å². The van der Waals surface area contributed by atoms with E-state index in [9.17, 15) is 4.79 Å². The summed E-state index contributed by atoms with van der Waals surface area (Å²) in [6.07, 6.45) is 7.16. The monoisotopic (exact) mass is 237 g/mol. The van der Waals surface area contributed by atoms with Gasteiger partial charge in [-0.1, -0.05) is 18.2 Å². The number of nitrogens with one attached hydrogen (secondary N) is 1. The number of nitrogens with zero attached hydrogens (tertiary/aromatic N) is 2. The van der Waals surface area contributed by atoms with Crippen LogP contribution >= 0.6 is 0 Å². The van der Waals surface area contributed by atoms with E-state index in [0.717, 1.165) is 39.3 Å². The second-order valence-electron chi connectivity index (χ2n) is 4.24. The van der Waals surface area contributed by atoms with Gasteiger partial charge in [-0.25, -0.2) is 0 Å². The van der Waals surface area contributed by atoms with Crippen LogP contribution in [-0.2, 0) is 4.79 Å². The first-order valence-corrected chi connectivity index (χ1v) is 6.21. The van der Waals surface area contributed by atoms with E-state index in [1.807, 2.05) is 26.1 Å². The SMILES string of the molecule is CC=CC=CC(=O)N(C)CCN1CCNCC1. The van der Waals surface area contributed by atoms with E-state index in [4.69, 9.17) is 0 Å². The summed E-state index contributed by atoms with van der Waals surface area (Å²) in [4.78, 5) is 15.8. The van der Waals surface area contributed by atoms with E-state index >= 15 is 0 Å². The normalized spacial score (nSPS) is 18.0. The predicted molar refractivity (Wildman–Crippen MR) is 70.9 cm³/mol. The zero-order chi connectivity index (χ0) is 12.5. The smallest absolute Gasteiger partial charge is 0.246 e. The van der Waals surface area contributed by atoms with Gasteiger partial charge in [0, 0.05) is 52.4 Å². The van der Waals surface area contributed by atoms with E-state index in [1.165, 1.54) is 0 Å². The molecule has 0 spiro atoms. The molecular formula is C13H23N3O. The van der Waals surface area contributed by atoms with Gasteiger partial charge < -0.3 is 10.2 Å². The number of hydrogen-bond donors (Lipinski definition) is 1. The van der Waals surface area contributed by atoms with Gasteiger partial charge in [-0.05, 0) is 6.92 Å². The molecule has 1 aliphatic heterocycles. The van der Waals surface area contributed by atoms with Gasteiger partial charge in [0.05, 0.1) is 0 Å². The molecule has 1 rings (SSSR count). The molecule has 1 N–H and O–H groups in total. The fourth-order valence-corrected chi connectivity index (χ4v) is 1.71. The summed E-state index contributed by atoms with van der Waals surface area (Å²) in [6.45, 7) is 7.95. The molecule has 96 valence electrons. The van der Waals surface area contributed by atoms with Crippen LogP contribution in [0.15, 0.2) is 24.3 Å². The highest BCUT2D eigenvalue weighted by Crippen LogP contribution is 1.94. The van der Waals surface area contributed by atoms with Crippen molar-refractivity contribution >= 4 is 5.91 Å². The van der Waals surface area contributed by atoms with Crippen molar-refractivity contribution in [3.63, 3.8) is 0 Å². The van der Waals surface area contributed by atoms with Crippen LogP contribution in [0.3, 0.4) is 0 Å². The van der Waals surface area contributed by atoms with Gasteiger partial charge in [-0.3, -0.25) is 9.69 Å². The van der Waals surface area contributed by atoms with E-state index in [0.29, 0.717) is 0 Å². The van der Waals surface area contributed by atoms with Gasteiger partial charge >= 0.3 is 0 Å². The molecule has 0 aromatic heterocycles. The summed E-state index contributed by atoms with van der Waals surface area (Å²) in [5.41, 5.74) is 0. The summed E-state index contributed by atoms with van der Waals surface area (Å²) in [5.74, 6) is 0.0678. The Balaban J connectivity index is 2.23. The van der Waals surface area contributed by atoms with Crippen LogP contribution in [-0.4, -0.2) is 62.0 Å². The minimum absolute atomic E-state index is 0.0678. The Morgan fingerprint density at radius 3 is 2.71 bits per heavy atom. The Labute approximate surface area is 104 Å². The maximum atomic E-state index is 11.7. The largest absolute Gasteiger partial charge is 0.341 e. The molecule has 0 aromatic carbocycles. The van der Waals surface area contributed by atoms with Gasteiger partial charge in [0.1, 0.15) is 0 Å². The fourth-order valence-electron chi connectivity index (χ4n) is 1.71. The number of rotatable bonds is 5. The second kappa shape index (κ2) is 8.03. The number of hydrogen-bond acceptors (Lipinski definition) is 3. The number of piperazine rings is 1. The number of likely N-dealkylation sites (N-methyl/N-ethyl adjacent to an activating group) is 1. The van der Waals surface area contributed by atoms with Crippen LogP contribution in [0.5, 0.6) is 0 Å². The first-order chi connectivity index (χ1) is 8.24. The lowest BCUT2D eigenvalue weighted by Gasteiger charge is -2.28. The molecule has 0 atom stereocenters. The van der Waals surface area contributed by atoms with Crippen LogP contribution in [0.25, 0.3) is 0 Å². The Morgan fingerprint density at radius 2 is 2.06 bits per heavy atom. The van der Waals surface area contributed by atoms with Crippen molar-refractivity contribution in [3.05, 3.63) is 24.3 Å². The molecule has 1 saturated heterocycles. The van der Waals surface area contributed by atoms with Crippen molar-refractivity contribution in [3.8, 4) is 0 Å². The molecule has 0 bridgehead atoms. The van der Waals surface area contributed by atoms with E-state index in [1.54, 1.807) is 17.1 Å². The molecule has 1 fully saturated rings. The van der Waals surface area contributed by atoms with Gasteiger partial charge in [-0.2, -0.15) is 0 Å². The standard InChI is InChI=1S/C13H23N3O/c1-3-4-5-6-13(17)15(2)11-12-16-9-7-14-8-10-16/h3-6,14H,7-12H2,1-2H3. The molecule has 17 heavy (non-hydrogen) atoms. The van der Waals surface area contributed by atoms with E-state index < -0.39 is 0 Å². The highest BCUT2D eigenvalue weighted by atomic mass is 16.2. The van der Waals surface area contributed by atoms with E-state index in [-0.39, 0.29) is 5.91 Å². The Morgan fingerprint density at radius 1 is 1.35 bits per heavy atom. The average Bonchev–Trinajstić information content (AvgIpc) is 2.37. The molecule has 0 aliphatic carbocycles. The lowest BCUT2D eigenvalue weighted by atomic mass is 10.3. The van der Waals surface area contributed by atoms with Crippen molar-refractivity contribution in [2.24, 2.45) is 0 Å². The molecule has 1 heterocycles. The number of carbonyl (C=O) groups is 1. The minimum atomic E-state index is 0.0678. The maximum Gasteiger partial charge on any atom is 0.246 e. The quantitative estimate of drug-likeness (QED) is 0.558. The first kappa shape index (κ1) is 13.9. The zero-order valence-corrected chi connectivity index (χ0v) is 10.9. The maximum absolute atomic E-state index is 11.7. The lowest BCUT2D eigenvalue weighted by Crippen LogP contribution is -2.46. The summed E-state index contributed by atoms with van der Waals surface area (Å²) in [5, 5.41) is 3.32. The van der Waals surface area contributed by atoms with Crippen LogP contribution in [0.2, 0.25) is 0 Å². The molecular weight excluding hydrogens is 214 g/mol. The Kier molecular flexibility index (Phi) is 6.58. The summed E-state index contributed by atoms with van der Waals surface area (Å²) in [6, 6.07) is 0. The predicted octanol–water partition coefficient (Wildman–Crippen LogP) is 0.482. The Bertz CT molecular complexity index is 280. The molecule has 0 radical (unpaired) electrons. The van der Waals surface area contributed by atoms with Gasteiger partial charge in [0.15, 0.2) is 0 Å². The minimum Gasteiger partial charge on any atom is -0.341 e. The number of carbonyl (C=O) groups excluding carboxylic acids is 1. The van der Waals surface area contributed by atoms with Gasteiger partial charge in [-0.15, -0.1) is 0 Å². The van der Waals surface area contributed by atoms with Crippen LogP contribution < -0.4 is 5.32 Å². The molecule has 0 saturated carbocycles. The van der Waals surface area contributed by atoms with Crippen molar-refractivity contribution in [1.29, 1.82) is 0 Å². The van der Waals surface area contributed by atoms with Crippen molar-refractivity contribution in [2.45, 2.75) is 6.92 Å². The zero-order valence-electron chi connectivity index (χ0n) is 10.9. The molecule has 4 heteroatoms. The van der Waals surface area contributed by atoms with Crippen LogP contribution in [0.1, 0.15) is 6.92 Å². The highest BCUT2D eigenvalue weighted by molar-refractivity contribution is 5.87.